The molecule has 1 aliphatic heterocycles. The molecule has 1 aliphatic rings. The fraction of sp³-hybridized carbons (Fsp3) is 0.167. The van der Waals surface area contributed by atoms with Crippen LogP contribution in [-0.4, -0.2) is 9.78 Å². The van der Waals surface area contributed by atoms with Gasteiger partial charge in [-0.2, -0.15) is 14.3 Å². The van der Waals surface area contributed by atoms with E-state index in [-0.39, 0.29) is 5.66 Å². The zero-order valence-corrected chi connectivity index (χ0v) is 8.59. The van der Waals surface area contributed by atoms with Crippen LogP contribution in [0.25, 0.3) is 11.4 Å². The number of nitrogens with zero attached hydrogens (tertiary/aromatic N) is 3. The van der Waals surface area contributed by atoms with Crippen LogP contribution in [0.3, 0.4) is 0 Å². The summed E-state index contributed by atoms with van der Waals surface area (Å²) in [5.74, 6) is 0. The Morgan fingerprint density at radius 1 is 1.47 bits per heavy atom. The van der Waals surface area contributed by atoms with Gasteiger partial charge in [-0.15, -0.1) is 0 Å². The maximum atomic E-state index is 4.36. The minimum atomic E-state index is -0.282. The molecule has 0 saturated carbocycles. The molecule has 0 aliphatic carbocycles. The molecule has 3 heteroatoms. The third-order valence-electron chi connectivity index (χ3n) is 3.07. The summed E-state index contributed by atoms with van der Waals surface area (Å²) in [6, 6.07) is 8.19. The average molecular weight is 198 g/mol. The maximum Gasteiger partial charge on any atom is 0.279 e. The summed E-state index contributed by atoms with van der Waals surface area (Å²) in [5, 5.41) is 4.36. The van der Waals surface area contributed by atoms with Crippen LogP contribution in [0.4, 0.5) is 0 Å². The van der Waals surface area contributed by atoms with E-state index in [9.17, 15) is 0 Å². The molecule has 74 valence electrons. The largest absolute Gasteiger partial charge is 0.279 e. The predicted octanol–water partition coefficient (Wildman–Crippen LogP) is 1.56. The number of aromatic nitrogens is 3. The van der Waals surface area contributed by atoms with Gasteiger partial charge in [0.2, 0.25) is 5.69 Å². The zero-order valence-electron chi connectivity index (χ0n) is 8.59. The summed E-state index contributed by atoms with van der Waals surface area (Å²) < 4.78 is 4.18. The highest BCUT2D eigenvalue weighted by molar-refractivity contribution is 5.53. The van der Waals surface area contributed by atoms with Crippen molar-refractivity contribution in [2.45, 2.75) is 12.6 Å². The standard InChI is InChI=1S/C12H12N3/c1-3-12(2)14-9-5-4-6-10(14)11-7-8-13-15(11)12/h3-9H,1H2,2H3/q+1. The van der Waals surface area contributed by atoms with Crippen molar-refractivity contribution in [3.63, 3.8) is 0 Å². The zero-order chi connectivity index (χ0) is 10.5. The van der Waals surface area contributed by atoms with Crippen LogP contribution in [0.1, 0.15) is 6.92 Å². The van der Waals surface area contributed by atoms with Crippen molar-refractivity contribution in [2.75, 3.05) is 0 Å². The SMILES string of the molecule is C=CC1(C)n2nccc2-c2cccc[n+]21. The molecule has 2 aromatic rings. The topological polar surface area (TPSA) is 21.7 Å². The summed E-state index contributed by atoms with van der Waals surface area (Å²) in [7, 11) is 0. The van der Waals surface area contributed by atoms with E-state index in [4.69, 9.17) is 0 Å². The molecule has 15 heavy (non-hydrogen) atoms. The number of fused-ring (bicyclic) bond motifs is 3. The second-order valence-electron chi connectivity index (χ2n) is 3.88. The summed E-state index contributed by atoms with van der Waals surface area (Å²) in [4.78, 5) is 0. The molecule has 3 rings (SSSR count). The number of pyridine rings is 1. The monoisotopic (exact) mass is 198 g/mol. The van der Waals surface area contributed by atoms with E-state index in [0.717, 1.165) is 5.69 Å². The minimum Gasteiger partial charge on any atom is -0.190 e. The summed E-state index contributed by atoms with van der Waals surface area (Å²) in [6.45, 7) is 6.01. The smallest absolute Gasteiger partial charge is 0.190 e. The van der Waals surface area contributed by atoms with Crippen molar-refractivity contribution in [2.24, 2.45) is 0 Å². The van der Waals surface area contributed by atoms with E-state index in [1.807, 2.05) is 35.2 Å². The molecular weight excluding hydrogens is 186 g/mol. The van der Waals surface area contributed by atoms with Gasteiger partial charge in [-0.05, 0) is 12.1 Å². The summed E-state index contributed by atoms with van der Waals surface area (Å²) in [6.07, 6.45) is 5.80. The highest BCUT2D eigenvalue weighted by atomic mass is 15.4. The molecule has 0 spiro atoms. The first kappa shape index (κ1) is 8.41. The van der Waals surface area contributed by atoms with Gasteiger partial charge < -0.3 is 0 Å². The molecule has 0 fully saturated rings. The lowest BCUT2D eigenvalue weighted by atomic mass is 10.2. The first-order valence-electron chi connectivity index (χ1n) is 4.97. The van der Waals surface area contributed by atoms with Gasteiger partial charge in [0, 0.05) is 25.1 Å². The molecule has 0 N–H and O–H groups in total. The normalized spacial score (nSPS) is 22.2. The van der Waals surface area contributed by atoms with E-state index in [2.05, 4.69) is 35.4 Å². The van der Waals surface area contributed by atoms with Crippen molar-refractivity contribution in [3.8, 4) is 11.4 Å². The highest BCUT2D eigenvalue weighted by Crippen LogP contribution is 2.29. The third kappa shape index (κ3) is 0.850. The van der Waals surface area contributed by atoms with Gasteiger partial charge in [0.05, 0.1) is 6.20 Å². The third-order valence-corrected chi connectivity index (χ3v) is 3.07. The van der Waals surface area contributed by atoms with E-state index in [1.54, 1.807) is 0 Å². The van der Waals surface area contributed by atoms with Crippen molar-refractivity contribution in [3.05, 3.63) is 49.3 Å². The summed E-state index contributed by atoms with van der Waals surface area (Å²) in [5.41, 5.74) is 2.03. The second-order valence-corrected chi connectivity index (χ2v) is 3.88. The van der Waals surface area contributed by atoms with Gasteiger partial charge in [0.15, 0.2) is 6.20 Å². The minimum absolute atomic E-state index is 0.282. The fourth-order valence-corrected chi connectivity index (χ4v) is 2.19. The van der Waals surface area contributed by atoms with Crippen LogP contribution in [0.2, 0.25) is 0 Å². The Bertz CT molecular complexity index is 541. The van der Waals surface area contributed by atoms with Crippen LogP contribution in [-0.2, 0) is 5.66 Å². The number of hydrogen-bond donors (Lipinski definition) is 0. The lowest BCUT2D eigenvalue weighted by Gasteiger charge is -2.15. The Morgan fingerprint density at radius 2 is 2.33 bits per heavy atom. The second kappa shape index (κ2) is 2.57. The van der Waals surface area contributed by atoms with Crippen LogP contribution >= 0.6 is 0 Å². The molecule has 0 radical (unpaired) electrons. The fourth-order valence-electron chi connectivity index (χ4n) is 2.19. The number of rotatable bonds is 1. The lowest BCUT2D eigenvalue weighted by molar-refractivity contribution is -0.738. The van der Waals surface area contributed by atoms with Crippen LogP contribution in [0.15, 0.2) is 49.3 Å². The first-order valence-corrected chi connectivity index (χ1v) is 4.97. The lowest BCUT2D eigenvalue weighted by Crippen LogP contribution is -2.54. The van der Waals surface area contributed by atoms with E-state index in [1.165, 1.54) is 5.69 Å². The van der Waals surface area contributed by atoms with E-state index >= 15 is 0 Å². The molecule has 0 saturated heterocycles. The first-order chi connectivity index (χ1) is 7.27. The molecule has 1 atom stereocenters. The molecule has 1 unspecified atom stereocenters. The molecule has 0 amide bonds. The van der Waals surface area contributed by atoms with Crippen LogP contribution in [0.5, 0.6) is 0 Å². The molecule has 0 aromatic carbocycles. The van der Waals surface area contributed by atoms with Crippen molar-refractivity contribution >= 4 is 0 Å². The Balaban J connectivity index is 2.43. The van der Waals surface area contributed by atoms with Gasteiger partial charge in [-0.25, -0.2) is 0 Å². The average Bonchev–Trinajstić information content (AvgIpc) is 2.83. The number of hydrogen-bond acceptors (Lipinski definition) is 1. The Labute approximate surface area is 88.3 Å². The van der Waals surface area contributed by atoms with Gasteiger partial charge in [-0.1, -0.05) is 6.58 Å². The van der Waals surface area contributed by atoms with E-state index < -0.39 is 0 Å². The van der Waals surface area contributed by atoms with Crippen molar-refractivity contribution < 1.29 is 4.57 Å². The van der Waals surface area contributed by atoms with Gasteiger partial charge >= 0.3 is 0 Å². The molecule has 3 heterocycles. The van der Waals surface area contributed by atoms with Crippen LogP contribution < -0.4 is 4.57 Å². The Morgan fingerprint density at radius 3 is 3.13 bits per heavy atom. The predicted molar refractivity (Wildman–Crippen MR) is 57.1 cm³/mol. The highest BCUT2D eigenvalue weighted by Gasteiger charge is 2.45. The number of allylic oxidation sites excluding steroid dienone is 1. The molecule has 0 bridgehead atoms. The van der Waals surface area contributed by atoms with Crippen molar-refractivity contribution in [1.29, 1.82) is 0 Å². The Kier molecular flexibility index (Phi) is 1.44. The quantitative estimate of drug-likeness (QED) is 0.503. The molecule has 3 nitrogen and oxygen atoms in total. The Hall–Kier alpha value is -1.90. The van der Waals surface area contributed by atoms with Crippen molar-refractivity contribution in [1.82, 2.24) is 9.78 Å². The van der Waals surface area contributed by atoms with Gasteiger partial charge in [0.25, 0.3) is 5.66 Å². The molecular formula is C12H12N3+. The van der Waals surface area contributed by atoms with E-state index in [0.29, 0.717) is 0 Å². The molecule has 2 aromatic heterocycles. The maximum absolute atomic E-state index is 4.36. The van der Waals surface area contributed by atoms with Gasteiger partial charge in [0.1, 0.15) is 5.69 Å². The summed E-state index contributed by atoms with van der Waals surface area (Å²) >= 11 is 0. The van der Waals surface area contributed by atoms with Crippen LogP contribution in [0, 0.1) is 0 Å². The van der Waals surface area contributed by atoms with Gasteiger partial charge in [-0.3, -0.25) is 0 Å².